The first-order chi connectivity index (χ1) is 36.3. The van der Waals surface area contributed by atoms with Crippen LogP contribution in [0.2, 0.25) is 0 Å². The molecule has 12 N–H and O–H groups in total. The van der Waals surface area contributed by atoms with Gasteiger partial charge in [-0.15, -0.1) is 0 Å². The molecule has 3 aliphatic heterocycles. The number of hydrogen-bond donors (Lipinski definition) is 12. The van der Waals surface area contributed by atoms with Gasteiger partial charge in [-0.1, -0.05) is 193 Å². The van der Waals surface area contributed by atoms with Crippen LogP contribution in [-0.4, -0.2) is 193 Å². The lowest BCUT2D eigenvalue weighted by molar-refractivity contribution is -0.379. The molecular formula is C56H105NO18. The molecule has 75 heavy (non-hydrogen) atoms. The molecule has 0 bridgehead atoms. The van der Waals surface area contributed by atoms with E-state index in [-0.39, 0.29) is 18.9 Å². The third kappa shape index (κ3) is 25.3. The molecule has 3 fully saturated rings. The van der Waals surface area contributed by atoms with Gasteiger partial charge in [-0.3, -0.25) is 4.79 Å². The first-order valence-corrected chi connectivity index (χ1v) is 29.4. The minimum absolute atomic E-state index is 0.247. The number of rotatable bonds is 43. The number of aliphatic hydroxyl groups is 11. The minimum Gasteiger partial charge on any atom is -0.394 e. The summed E-state index contributed by atoms with van der Waals surface area (Å²) in [5, 5.41) is 120. The number of carbonyl (C=O) groups is 1. The predicted octanol–water partition coefficient (Wildman–Crippen LogP) is 4.60. The molecule has 19 heteroatoms. The summed E-state index contributed by atoms with van der Waals surface area (Å²) < 4.78 is 34.2. The summed E-state index contributed by atoms with van der Waals surface area (Å²) in [5.41, 5.74) is 0. The standard InChI is InChI=1S/C56H105NO18/c1-3-5-7-9-11-13-14-15-16-17-18-19-20-21-22-23-24-26-27-29-31-33-40(61)39(57-44(62)34-32-30-28-25-12-10-8-6-4-2)38-70-54-50(68)47(65)52(42(36-59)72-54)75-56-51(69)48(66)53(43(37-60)73-56)74-55-49(67)46(64)45(63)41(35-58)71-55/h31,33,39-43,45-56,58-61,63-69H,3-30,32,34-38H2,1-2H3,(H,57,62)/b33-31+. The van der Waals surface area contributed by atoms with Crippen molar-refractivity contribution in [2.75, 3.05) is 26.4 Å². The van der Waals surface area contributed by atoms with Crippen molar-refractivity contribution in [2.45, 2.75) is 311 Å². The van der Waals surface area contributed by atoms with Gasteiger partial charge in [0.2, 0.25) is 5.91 Å². The molecule has 17 unspecified atom stereocenters. The van der Waals surface area contributed by atoms with Crippen LogP contribution in [0.1, 0.15) is 206 Å². The molecule has 3 saturated heterocycles. The number of carbonyl (C=O) groups excluding carboxylic acids is 1. The van der Waals surface area contributed by atoms with Crippen molar-refractivity contribution >= 4 is 5.91 Å². The Bertz CT molecular complexity index is 1430. The first-order valence-electron chi connectivity index (χ1n) is 29.4. The van der Waals surface area contributed by atoms with E-state index in [1.165, 1.54) is 135 Å². The van der Waals surface area contributed by atoms with Gasteiger partial charge in [0.15, 0.2) is 18.9 Å². The summed E-state index contributed by atoms with van der Waals surface area (Å²) in [6, 6.07) is -0.965. The first kappa shape index (κ1) is 67.8. The average Bonchev–Trinajstić information content (AvgIpc) is 3.41. The van der Waals surface area contributed by atoms with Gasteiger partial charge < -0.3 is 89.9 Å². The van der Waals surface area contributed by atoms with Gasteiger partial charge in [-0.2, -0.15) is 0 Å². The Hall–Kier alpha value is -1.47. The van der Waals surface area contributed by atoms with Crippen molar-refractivity contribution in [1.29, 1.82) is 0 Å². The van der Waals surface area contributed by atoms with Gasteiger partial charge in [0.05, 0.1) is 38.6 Å². The Labute approximate surface area is 448 Å². The molecule has 0 saturated carbocycles. The van der Waals surface area contributed by atoms with Gasteiger partial charge in [0.1, 0.15) is 73.2 Å². The van der Waals surface area contributed by atoms with E-state index in [9.17, 15) is 61.0 Å². The summed E-state index contributed by atoms with van der Waals surface area (Å²) in [4.78, 5) is 13.2. The molecular weight excluding hydrogens is 975 g/mol. The molecule has 1 amide bonds. The van der Waals surface area contributed by atoms with Crippen molar-refractivity contribution in [2.24, 2.45) is 0 Å². The number of aliphatic hydroxyl groups excluding tert-OH is 11. The maximum Gasteiger partial charge on any atom is 0.220 e. The SMILES string of the molecule is CCCCCCCCCCCCCCCCCCCCC/C=C/C(O)C(COC1OC(CO)C(OC2OC(CO)C(OC3OC(CO)C(O)C(O)C3O)C(O)C2O)C(O)C1O)NC(=O)CCCCCCCCCCC. The van der Waals surface area contributed by atoms with Crippen molar-refractivity contribution in [1.82, 2.24) is 5.32 Å². The molecule has 0 aromatic carbocycles. The maximum atomic E-state index is 13.2. The lowest BCUT2D eigenvalue weighted by atomic mass is 9.96. The van der Waals surface area contributed by atoms with Gasteiger partial charge in [-0.25, -0.2) is 0 Å². The van der Waals surface area contributed by atoms with Crippen LogP contribution in [0, 0.1) is 0 Å². The van der Waals surface area contributed by atoms with Crippen LogP contribution in [0.3, 0.4) is 0 Å². The molecule has 0 aliphatic carbocycles. The quantitative estimate of drug-likeness (QED) is 0.0293. The summed E-state index contributed by atoms with van der Waals surface area (Å²) in [7, 11) is 0. The van der Waals surface area contributed by atoms with E-state index in [1.807, 2.05) is 6.08 Å². The van der Waals surface area contributed by atoms with Crippen LogP contribution in [0.15, 0.2) is 12.2 Å². The Morgan fingerprint density at radius 1 is 0.467 bits per heavy atom. The van der Waals surface area contributed by atoms with Gasteiger partial charge in [0.25, 0.3) is 0 Å². The van der Waals surface area contributed by atoms with E-state index in [0.29, 0.717) is 6.42 Å². The van der Waals surface area contributed by atoms with E-state index >= 15 is 0 Å². The second-order valence-electron chi connectivity index (χ2n) is 21.5. The molecule has 442 valence electrons. The Morgan fingerprint density at radius 3 is 1.25 bits per heavy atom. The number of unbranched alkanes of at least 4 members (excludes halogenated alkanes) is 27. The topological polar surface area (TPSA) is 307 Å². The third-order valence-electron chi connectivity index (χ3n) is 15.1. The normalized spacial score (nSPS) is 31.2. The molecule has 0 aromatic rings. The van der Waals surface area contributed by atoms with E-state index in [0.717, 1.165) is 44.9 Å². The molecule has 0 aromatic heterocycles. The number of amides is 1. The molecule has 3 aliphatic rings. The summed E-state index contributed by atoms with van der Waals surface area (Å²) >= 11 is 0. The van der Waals surface area contributed by atoms with Crippen LogP contribution >= 0.6 is 0 Å². The largest absolute Gasteiger partial charge is 0.394 e. The highest BCUT2D eigenvalue weighted by Gasteiger charge is 2.53. The van der Waals surface area contributed by atoms with E-state index in [4.69, 9.17) is 28.4 Å². The van der Waals surface area contributed by atoms with Crippen molar-refractivity contribution in [3.05, 3.63) is 12.2 Å². The summed E-state index contributed by atoms with van der Waals surface area (Å²) in [5.74, 6) is -0.278. The zero-order chi connectivity index (χ0) is 54.8. The summed E-state index contributed by atoms with van der Waals surface area (Å²) in [6.45, 7) is 1.70. The fourth-order valence-electron chi connectivity index (χ4n) is 10.2. The van der Waals surface area contributed by atoms with Gasteiger partial charge in [-0.05, 0) is 19.3 Å². The lowest BCUT2D eigenvalue weighted by Crippen LogP contribution is -2.66. The Kier molecular flexibility index (Phi) is 36.8. The fourth-order valence-corrected chi connectivity index (χ4v) is 10.2. The van der Waals surface area contributed by atoms with Crippen LogP contribution in [0.25, 0.3) is 0 Å². The third-order valence-corrected chi connectivity index (χ3v) is 15.1. The monoisotopic (exact) mass is 1080 g/mol. The minimum atomic E-state index is -1.97. The molecule has 3 heterocycles. The Balaban J connectivity index is 1.48. The van der Waals surface area contributed by atoms with E-state index in [1.54, 1.807) is 6.08 Å². The maximum absolute atomic E-state index is 13.2. The second-order valence-corrected chi connectivity index (χ2v) is 21.5. The molecule has 19 nitrogen and oxygen atoms in total. The van der Waals surface area contributed by atoms with Crippen LogP contribution in [0.4, 0.5) is 0 Å². The number of nitrogens with one attached hydrogen (secondary N) is 1. The molecule has 3 rings (SSSR count). The highest BCUT2D eigenvalue weighted by atomic mass is 16.8. The number of ether oxygens (including phenoxy) is 6. The molecule has 0 spiro atoms. The Morgan fingerprint density at radius 2 is 0.827 bits per heavy atom. The van der Waals surface area contributed by atoms with Crippen LogP contribution in [0.5, 0.6) is 0 Å². The smallest absolute Gasteiger partial charge is 0.220 e. The zero-order valence-electron chi connectivity index (χ0n) is 45.8. The van der Waals surface area contributed by atoms with E-state index in [2.05, 4.69) is 19.2 Å². The van der Waals surface area contributed by atoms with Crippen molar-refractivity contribution in [3.63, 3.8) is 0 Å². The van der Waals surface area contributed by atoms with Gasteiger partial charge >= 0.3 is 0 Å². The highest BCUT2D eigenvalue weighted by molar-refractivity contribution is 5.76. The van der Waals surface area contributed by atoms with Crippen LogP contribution < -0.4 is 5.32 Å². The lowest BCUT2D eigenvalue weighted by Gasteiger charge is -2.48. The predicted molar refractivity (Wildman–Crippen MR) is 282 cm³/mol. The number of hydrogen-bond acceptors (Lipinski definition) is 18. The highest BCUT2D eigenvalue weighted by Crippen LogP contribution is 2.33. The zero-order valence-corrected chi connectivity index (χ0v) is 45.8. The van der Waals surface area contributed by atoms with Crippen molar-refractivity contribution < 1.29 is 89.4 Å². The van der Waals surface area contributed by atoms with Gasteiger partial charge in [0, 0.05) is 6.42 Å². The molecule has 0 radical (unpaired) electrons. The van der Waals surface area contributed by atoms with Crippen LogP contribution in [-0.2, 0) is 33.2 Å². The number of allylic oxidation sites excluding steroid dienone is 1. The van der Waals surface area contributed by atoms with Crippen molar-refractivity contribution in [3.8, 4) is 0 Å². The van der Waals surface area contributed by atoms with E-state index < -0.39 is 124 Å². The average molecular weight is 1080 g/mol. The summed E-state index contributed by atoms with van der Waals surface area (Å²) in [6.07, 6.45) is 12.2. The molecule has 17 atom stereocenters. The second kappa shape index (κ2) is 40.7. The fraction of sp³-hybridized carbons (Fsp3) is 0.946.